The molecule has 1 unspecified atom stereocenters. The monoisotopic (exact) mass is 252 g/mol. The van der Waals surface area contributed by atoms with Crippen LogP contribution < -0.4 is 0 Å². The highest BCUT2D eigenvalue weighted by Gasteiger charge is 2.08. The van der Waals surface area contributed by atoms with Crippen LogP contribution in [0.2, 0.25) is 5.02 Å². The van der Waals surface area contributed by atoms with Gasteiger partial charge < -0.3 is 0 Å². The molecule has 0 aromatic heterocycles. The Balaban J connectivity index is 2.35. The summed E-state index contributed by atoms with van der Waals surface area (Å²) in [6.45, 7) is 4.55. The van der Waals surface area contributed by atoms with Crippen LogP contribution in [0.1, 0.15) is 70.3 Å². The molecule has 0 bridgehead atoms. The van der Waals surface area contributed by atoms with Crippen LogP contribution >= 0.6 is 11.6 Å². The van der Waals surface area contributed by atoms with Gasteiger partial charge in [-0.25, -0.2) is 0 Å². The molecule has 0 spiro atoms. The van der Waals surface area contributed by atoms with Crippen LogP contribution in [0.4, 0.5) is 0 Å². The van der Waals surface area contributed by atoms with Gasteiger partial charge in [-0.2, -0.15) is 0 Å². The highest BCUT2D eigenvalue weighted by Crippen LogP contribution is 2.26. The third-order valence-corrected chi connectivity index (χ3v) is 3.74. The molecule has 1 aromatic carbocycles. The number of rotatable bonds is 8. The van der Waals surface area contributed by atoms with Crippen molar-refractivity contribution in [3.05, 3.63) is 34.9 Å². The molecule has 0 aliphatic heterocycles. The molecule has 1 aromatic rings. The minimum atomic E-state index is 0.717. The summed E-state index contributed by atoms with van der Waals surface area (Å²) in [6.07, 6.45) is 9.41. The third kappa shape index (κ3) is 5.59. The number of hydrogen-bond acceptors (Lipinski definition) is 0. The van der Waals surface area contributed by atoms with E-state index >= 15 is 0 Å². The molecule has 17 heavy (non-hydrogen) atoms. The number of hydrogen-bond donors (Lipinski definition) is 0. The summed E-state index contributed by atoms with van der Waals surface area (Å²) in [4.78, 5) is 0. The van der Waals surface area contributed by atoms with Crippen molar-refractivity contribution in [2.75, 3.05) is 0 Å². The molecule has 0 nitrogen and oxygen atoms in total. The summed E-state index contributed by atoms with van der Waals surface area (Å²) < 4.78 is 0. The maximum Gasteiger partial charge on any atom is 0.0406 e. The SMILES string of the molecule is CCCCCCCC(CC)c1ccc(Cl)cc1. The molecule has 0 N–H and O–H groups in total. The van der Waals surface area contributed by atoms with E-state index in [0.29, 0.717) is 5.92 Å². The Morgan fingerprint density at radius 3 is 2.18 bits per heavy atom. The van der Waals surface area contributed by atoms with E-state index in [0.717, 1.165) is 5.02 Å². The first-order chi connectivity index (χ1) is 8.27. The molecule has 0 radical (unpaired) electrons. The van der Waals surface area contributed by atoms with Crippen molar-refractivity contribution in [3.63, 3.8) is 0 Å². The van der Waals surface area contributed by atoms with Gasteiger partial charge in [0.05, 0.1) is 0 Å². The van der Waals surface area contributed by atoms with Crippen LogP contribution in [0, 0.1) is 0 Å². The second kappa shape index (κ2) is 8.58. The van der Waals surface area contributed by atoms with Gasteiger partial charge in [-0.1, -0.05) is 69.7 Å². The predicted octanol–water partition coefficient (Wildman–Crippen LogP) is 6.19. The van der Waals surface area contributed by atoms with Crippen molar-refractivity contribution >= 4 is 11.6 Å². The number of benzene rings is 1. The van der Waals surface area contributed by atoms with Gasteiger partial charge in [0.1, 0.15) is 0 Å². The fourth-order valence-electron chi connectivity index (χ4n) is 2.34. The average Bonchev–Trinajstić information content (AvgIpc) is 2.35. The summed E-state index contributed by atoms with van der Waals surface area (Å²) >= 11 is 5.92. The first-order valence-corrected chi connectivity index (χ1v) is 7.41. The van der Waals surface area contributed by atoms with Gasteiger partial charge in [-0.3, -0.25) is 0 Å². The molecule has 0 aliphatic carbocycles. The molecule has 1 heteroatoms. The molecule has 0 fully saturated rings. The average molecular weight is 253 g/mol. The maximum absolute atomic E-state index is 5.92. The summed E-state index contributed by atoms with van der Waals surface area (Å²) in [5, 5.41) is 0.839. The zero-order chi connectivity index (χ0) is 12.5. The third-order valence-electron chi connectivity index (χ3n) is 3.49. The van der Waals surface area contributed by atoms with Gasteiger partial charge in [0.2, 0.25) is 0 Å². The van der Waals surface area contributed by atoms with Crippen LogP contribution in [0.5, 0.6) is 0 Å². The second-order valence-electron chi connectivity index (χ2n) is 4.86. The minimum Gasteiger partial charge on any atom is -0.0843 e. The molecular weight excluding hydrogens is 228 g/mol. The lowest BCUT2D eigenvalue weighted by Crippen LogP contribution is -1.97. The van der Waals surface area contributed by atoms with Crippen molar-refractivity contribution in [3.8, 4) is 0 Å². The van der Waals surface area contributed by atoms with Crippen molar-refractivity contribution < 1.29 is 0 Å². The Kier molecular flexibility index (Phi) is 7.35. The van der Waals surface area contributed by atoms with E-state index in [4.69, 9.17) is 11.6 Å². The van der Waals surface area contributed by atoms with Crippen LogP contribution in [-0.2, 0) is 0 Å². The van der Waals surface area contributed by atoms with E-state index in [-0.39, 0.29) is 0 Å². The van der Waals surface area contributed by atoms with Crippen LogP contribution in [0.3, 0.4) is 0 Å². The van der Waals surface area contributed by atoms with Crippen molar-refractivity contribution in [2.45, 2.75) is 64.7 Å². The highest BCUT2D eigenvalue weighted by atomic mass is 35.5. The zero-order valence-electron chi connectivity index (χ0n) is 11.2. The van der Waals surface area contributed by atoms with Crippen LogP contribution in [0.15, 0.2) is 24.3 Å². The topological polar surface area (TPSA) is 0 Å². The normalized spacial score (nSPS) is 12.6. The lowest BCUT2D eigenvalue weighted by molar-refractivity contribution is 0.535. The van der Waals surface area contributed by atoms with E-state index < -0.39 is 0 Å². The van der Waals surface area contributed by atoms with Gasteiger partial charge in [-0.05, 0) is 36.5 Å². The summed E-state index contributed by atoms with van der Waals surface area (Å²) in [6, 6.07) is 8.39. The number of halogens is 1. The van der Waals surface area contributed by atoms with E-state index in [1.165, 1.54) is 50.5 Å². The molecule has 0 saturated heterocycles. The quantitative estimate of drug-likeness (QED) is 0.484. The highest BCUT2D eigenvalue weighted by molar-refractivity contribution is 6.30. The standard InChI is InChI=1S/C16H25Cl/c1-3-5-6-7-8-9-14(4-2)15-10-12-16(17)13-11-15/h10-14H,3-9H2,1-2H3. The Hall–Kier alpha value is -0.490. The summed E-state index contributed by atoms with van der Waals surface area (Å²) in [7, 11) is 0. The van der Waals surface area contributed by atoms with Crippen molar-refractivity contribution in [1.82, 2.24) is 0 Å². The Morgan fingerprint density at radius 1 is 0.941 bits per heavy atom. The molecule has 1 rings (SSSR count). The maximum atomic E-state index is 5.92. The molecule has 1 atom stereocenters. The molecule has 96 valence electrons. The van der Waals surface area contributed by atoms with Gasteiger partial charge >= 0.3 is 0 Å². The first kappa shape index (κ1) is 14.6. The van der Waals surface area contributed by atoms with Gasteiger partial charge in [0.15, 0.2) is 0 Å². The van der Waals surface area contributed by atoms with Gasteiger partial charge in [0.25, 0.3) is 0 Å². The van der Waals surface area contributed by atoms with E-state index in [9.17, 15) is 0 Å². The van der Waals surface area contributed by atoms with Gasteiger partial charge in [0, 0.05) is 5.02 Å². The molecule has 0 heterocycles. The fourth-order valence-corrected chi connectivity index (χ4v) is 2.46. The molecule has 0 amide bonds. The largest absolute Gasteiger partial charge is 0.0843 e. The summed E-state index contributed by atoms with van der Waals surface area (Å²) in [5.74, 6) is 0.717. The molecular formula is C16H25Cl. The second-order valence-corrected chi connectivity index (χ2v) is 5.30. The summed E-state index contributed by atoms with van der Waals surface area (Å²) in [5.41, 5.74) is 1.45. The lowest BCUT2D eigenvalue weighted by atomic mass is 9.91. The Labute approximate surface area is 111 Å². The smallest absolute Gasteiger partial charge is 0.0406 e. The van der Waals surface area contributed by atoms with Gasteiger partial charge in [-0.15, -0.1) is 0 Å². The molecule has 0 aliphatic rings. The number of unbranched alkanes of at least 4 members (excludes halogenated alkanes) is 4. The van der Waals surface area contributed by atoms with Crippen molar-refractivity contribution in [2.24, 2.45) is 0 Å². The van der Waals surface area contributed by atoms with E-state index in [1.807, 2.05) is 12.1 Å². The van der Waals surface area contributed by atoms with E-state index in [2.05, 4.69) is 26.0 Å². The van der Waals surface area contributed by atoms with Crippen LogP contribution in [0.25, 0.3) is 0 Å². The van der Waals surface area contributed by atoms with Crippen molar-refractivity contribution in [1.29, 1.82) is 0 Å². The van der Waals surface area contributed by atoms with E-state index in [1.54, 1.807) is 0 Å². The minimum absolute atomic E-state index is 0.717. The Morgan fingerprint density at radius 2 is 1.59 bits per heavy atom. The zero-order valence-corrected chi connectivity index (χ0v) is 12.0. The predicted molar refractivity (Wildman–Crippen MR) is 77.9 cm³/mol. The van der Waals surface area contributed by atoms with Crippen LogP contribution in [-0.4, -0.2) is 0 Å². The Bertz CT molecular complexity index is 289. The lowest BCUT2D eigenvalue weighted by Gasteiger charge is -2.15. The fraction of sp³-hybridized carbons (Fsp3) is 0.625. The molecule has 0 saturated carbocycles. The first-order valence-electron chi connectivity index (χ1n) is 7.03.